The van der Waals surface area contributed by atoms with E-state index in [0.29, 0.717) is 16.3 Å². The number of hydrogen-bond acceptors (Lipinski definition) is 2. The van der Waals surface area contributed by atoms with Gasteiger partial charge in [-0.05, 0) is 59.9 Å². The van der Waals surface area contributed by atoms with Gasteiger partial charge in [0.1, 0.15) is 5.82 Å². The minimum atomic E-state index is -0.139. The van der Waals surface area contributed by atoms with Crippen molar-refractivity contribution in [3.63, 3.8) is 0 Å². The number of halogens is 1. The number of carbonyl (C=O) groups excluding carboxylic acids is 1. The van der Waals surface area contributed by atoms with E-state index in [1.165, 1.54) is 5.56 Å². The fraction of sp³-hybridized carbons (Fsp3) is 0.200. The number of aromatic amines is 1. The third-order valence-electron chi connectivity index (χ3n) is 5.17. The number of H-pyrrole nitrogens is 1. The molecule has 30 heavy (non-hydrogen) atoms. The summed E-state index contributed by atoms with van der Waals surface area (Å²) in [5, 5.41) is 3.67. The molecular formula is C25H24ClN3O. The fourth-order valence-electron chi connectivity index (χ4n) is 3.35. The molecule has 1 heterocycles. The van der Waals surface area contributed by atoms with E-state index < -0.39 is 0 Å². The SMILES string of the molecule is Cc1cc2[nH]c(-c3cccc(NC(=O)c4ccc(C(C)(C)C)cc4)c3)nc2cc1Cl. The zero-order valence-corrected chi connectivity index (χ0v) is 18.3. The molecule has 0 aliphatic rings. The lowest BCUT2D eigenvalue weighted by Crippen LogP contribution is -2.14. The molecule has 1 amide bonds. The van der Waals surface area contributed by atoms with Gasteiger partial charge in [-0.25, -0.2) is 4.98 Å². The maximum Gasteiger partial charge on any atom is 0.255 e. The summed E-state index contributed by atoms with van der Waals surface area (Å²) in [6.45, 7) is 8.43. The number of anilines is 1. The summed E-state index contributed by atoms with van der Waals surface area (Å²) in [6, 6.07) is 19.2. The van der Waals surface area contributed by atoms with E-state index in [-0.39, 0.29) is 11.3 Å². The summed E-state index contributed by atoms with van der Waals surface area (Å²) < 4.78 is 0. The molecule has 1 aromatic heterocycles. The van der Waals surface area contributed by atoms with Crippen LogP contribution in [0, 0.1) is 6.92 Å². The van der Waals surface area contributed by atoms with Gasteiger partial charge in [-0.1, -0.05) is 56.6 Å². The molecular weight excluding hydrogens is 394 g/mol. The van der Waals surface area contributed by atoms with Crippen molar-refractivity contribution in [3.05, 3.63) is 82.4 Å². The van der Waals surface area contributed by atoms with Crippen LogP contribution in [0.5, 0.6) is 0 Å². The normalized spacial score (nSPS) is 11.6. The number of aromatic nitrogens is 2. The van der Waals surface area contributed by atoms with Crippen LogP contribution in [0.15, 0.2) is 60.7 Å². The number of nitrogens with zero attached hydrogens (tertiary/aromatic N) is 1. The molecule has 0 unspecified atom stereocenters. The summed E-state index contributed by atoms with van der Waals surface area (Å²) in [7, 11) is 0. The van der Waals surface area contributed by atoms with Crippen LogP contribution in [-0.4, -0.2) is 15.9 Å². The fourth-order valence-corrected chi connectivity index (χ4v) is 3.50. The number of carbonyl (C=O) groups is 1. The zero-order valence-electron chi connectivity index (χ0n) is 17.5. The van der Waals surface area contributed by atoms with Crippen LogP contribution < -0.4 is 5.32 Å². The molecule has 3 aromatic carbocycles. The second kappa shape index (κ2) is 7.62. The average Bonchev–Trinajstić information content (AvgIpc) is 3.11. The first kappa shape index (κ1) is 20.2. The first-order chi connectivity index (χ1) is 14.2. The lowest BCUT2D eigenvalue weighted by atomic mass is 9.87. The summed E-state index contributed by atoms with van der Waals surface area (Å²) in [6.07, 6.45) is 0. The number of nitrogens with one attached hydrogen (secondary N) is 2. The molecule has 0 aliphatic heterocycles. The smallest absolute Gasteiger partial charge is 0.255 e. The highest BCUT2D eigenvalue weighted by Crippen LogP contribution is 2.27. The van der Waals surface area contributed by atoms with Crippen molar-refractivity contribution in [2.45, 2.75) is 33.1 Å². The number of fused-ring (bicyclic) bond motifs is 1. The maximum absolute atomic E-state index is 12.7. The minimum absolute atomic E-state index is 0.0543. The Kier molecular flexibility index (Phi) is 5.12. The average molecular weight is 418 g/mol. The van der Waals surface area contributed by atoms with Crippen LogP contribution in [0.3, 0.4) is 0 Å². The van der Waals surface area contributed by atoms with Crippen molar-refractivity contribution in [3.8, 4) is 11.4 Å². The van der Waals surface area contributed by atoms with Crippen molar-refractivity contribution >= 4 is 34.2 Å². The van der Waals surface area contributed by atoms with Gasteiger partial charge in [-0.2, -0.15) is 0 Å². The molecule has 4 rings (SSSR count). The van der Waals surface area contributed by atoms with Crippen LogP contribution in [0.2, 0.25) is 5.02 Å². The van der Waals surface area contributed by atoms with E-state index in [2.05, 4.69) is 36.1 Å². The summed E-state index contributed by atoms with van der Waals surface area (Å²) >= 11 is 6.22. The number of amides is 1. The van der Waals surface area contributed by atoms with Crippen molar-refractivity contribution in [1.29, 1.82) is 0 Å². The molecule has 0 saturated carbocycles. The highest BCUT2D eigenvalue weighted by Gasteiger charge is 2.15. The molecule has 4 aromatic rings. The Morgan fingerprint density at radius 2 is 1.77 bits per heavy atom. The van der Waals surface area contributed by atoms with Crippen LogP contribution in [0.1, 0.15) is 42.3 Å². The molecule has 0 spiro atoms. The molecule has 0 atom stereocenters. The molecule has 0 saturated heterocycles. The zero-order chi connectivity index (χ0) is 21.5. The number of benzene rings is 3. The van der Waals surface area contributed by atoms with Crippen LogP contribution in [-0.2, 0) is 5.41 Å². The summed E-state index contributed by atoms with van der Waals surface area (Å²) in [4.78, 5) is 20.7. The third kappa shape index (κ3) is 4.10. The van der Waals surface area contributed by atoms with E-state index in [4.69, 9.17) is 11.6 Å². The first-order valence-corrected chi connectivity index (χ1v) is 10.3. The van der Waals surface area contributed by atoms with E-state index in [1.807, 2.05) is 67.6 Å². The van der Waals surface area contributed by atoms with Crippen molar-refractivity contribution in [2.75, 3.05) is 5.32 Å². The highest BCUT2D eigenvalue weighted by atomic mass is 35.5. The van der Waals surface area contributed by atoms with E-state index in [9.17, 15) is 4.79 Å². The molecule has 2 N–H and O–H groups in total. The molecule has 0 fully saturated rings. The lowest BCUT2D eigenvalue weighted by Gasteiger charge is -2.19. The summed E-state index contributed by atoms with van der Waals surface area (Å²) in [5.41, 5.74) is 6.22. The highest BCUT2D eigenvalue weighted by molar-refractivity contribution is 6.32. The van der Waals surface area contributed by atoms with Crippen molar-refractivity contribution in [2.24, 2.45) is 0 Å². The standard InChI is InChI=1S/C25H24ClN3O/c1-15-12-21-22(14-20(15)26)29-23(28-21)17-6-5-7-19(13-17)27-24(30)16-8-10-18(11-9-16)25(2,3)4/h5-14H,1-4H3,(H,27,30)(H,28,29). The van der Waals surface area contributed by atoms with Gasteiger partial charge in [0.15, 0.2) is 0 Å². The quantitative estimate of drug-likeness (QED) is 0.387. The lowest BCUT2D eigenvalue weighted by molar-refractivity contribution is 0.102. The second-order valence-corrected chi connectivity index (χ2v) is 8.97. The monoisotopic (exact) mass is 417 g/mol. The molecule has 0 bridgehead atoms. The van der Waals surface area contributed by atoms with Gasteiger partial charge in [0.2, 0.25) is 0 Å². The van der Waals surface area contributed by atoms with Crippen LogP contribution >= 0.6 is 11.6 Å². The third-order valence-corrected chi connectivity index (χ3v) is 5.58. The molecule has 5 heteroatoms. The van der Waals surface area contributed by atoms with E-state index >= 15 is 0 Å². The minimum Gasteiger partial charge on any atom is -0.338 e. The van der Waals surface area contributed by atoms with Gasteiger partial charge in [0.05, 0.1) is 11.0 Å². The Bertz CT molecular complexity index is 1190. The number of hydrogen-bond donors (Lipinski definition) is 2. The molecule has 152 valence electrons. The van der Waals surface area contributed by atoms with E-state index in [0.717, 1.165) is 28.0 Å². The van der Waals surface area contributed by atoms with Crippen molar-refractivity contribution < 1.29 is 4.79 Å². The predicted octanol–water partition coefficient (Wildman–Crippen LogP) is 6.74. The summed E-state index contributed by atoms with van der Waals surface area (Å²) in [5.74, 6) is 0.594. The maximum atomic E-state index is 12.7. The van der Waals surface area contributed by atoms with Crippen LogP contribution in [0.25, 0.3) is 22.4 Å². The van der Waals surface area contributed by atoms with Gasteiger partial charge >= 0.3 is 0 Å². The van der Waals surface area contributed by atoms with Gasteiger partial charge < -0.3 is 10.3 Å². The van der Waals surface area contributed by atoms with Gasteiger partial charge in [0, 0.05) is 21.8 Å². The predicted molar refractivity (Wildman–Crippen MR) is 124 cm³/mol. The topological polar surface area (TPSA) is 57.8 Å². The number of aryl methyl sites for hydroxylation is 1. The Hall–Kier alpha value is -3.11. The Morgan fingerprint density at radius 3 is 2.47 bits per heavy atom. The van der Waals surface area contributed by atoms with Gasteiger partial charge in [0.25, 0.3) is 5.91 Å². The first-order valence-electron chi connectivity index (χ1n) is 9.89. The molecule has 4 nitrogen and oxygen atoms in total. The molecule has 0 aliphatic carbocycles. The number of imidazole rings is 1. The van der Waals surface area contributed by atoms with Crippen molar-refractivity contribution in [1.82, 2.24) is 9.97 Å². The van der Waals surface area contributed by atoms with Gasteiger partial charge in [-0.15, -0.1) is 0 Å². The largest absolute Gasteiger partial charge is 0.338 e. The Balaban J connectivity index is 1.57. The van der Waals surface area contributed by atoms with Gasteiger partial charge in [-0.3, -0.25) is 4.79 Å². The molecule has 0 radical (unpaired) electrons. The van der Waals surface area contributed by atoms with Crippen LogP contribution in [0.4, 0.5) is 5.69 Å². The Labute approximate surface area is 181 Å². The Morgan fingerprint density at radius 1 is 1.03 bits per heavy atom. The second-order valence-electron chi connectivity index (χ2n) is 8.57. The van der Waals surface area contributed by atoms with E-state index in [1.54, 1.807) is 0 Å². The number of rotatable bonds is 3.